The predicted octanol–water partition coefficient (Wildman–Crippen LogP) is 4.32. The van der Waals surface area contributed by atoms with E-state index in [-0.39, 0.29) is 5.92 Å². The van der Waals surface area contributed by atoms with Crippen LogP contribution in [0.15, 0.2) is 35.4 Å². The van der Waals surface area contributed by atoms with Crippen LogP contribution in [0.4, 0.5) is 0 Å². The molecule has 2 nitrogen and oxygen atoms in total. The van der Waals surface area contributed by atoms with Crippen molar-refractivity contribution in [2.24, 2.45) is 5.92 Å². The number of hydrogen-bond acceptors (Lipinski definition) is 2. The molecule has 3 aliphatic carbocycles. The summed E-state index contributed by atoms with van der Waals surface area (Å²) in [6.07, 6.45) is 7.42. The van der Waals surface area contributed by atoms with E-state index in [2.05, 4.69) is 31.2 Å². The van der Waals surface area contributed by atoms with Crippen LogP contribution in [0.2, 0.25) is 0 Å². The average molecular weight is 310 g/mol. The van der Waals surface area contributed by atoms with Gasteiger partial charge in [-0.1, -0.05) is 37.6 Å². The zero-order valence-corrected chi connectivity index (χ0v) is 14.0. The lowest BCUT2D eigenvalue weighted by molar-refractivity contribution is -0.115. The van der Waals surface area contributed by atoms with Gasteiger partial charge in [0.25, 0.3) is 0 Å². The van der Waals surface area contributed by atoms with Gasteiger partial charge in [-0.25, -0.2) is 0 Å². The SMILES string of the molecule is CCCCC1=C2[C@H](CC[C@@H]3c4ccccc4CC[C@@]23O)CC1=O. The van der Waals surface area contributed by atoms with E-state index in [1.54, 1.807) is 0 Å². The summed E-state index contributed by atoms with van der Waals surface area (Å²) in [5.41, 5.74) is 4.07. The summed E-state index contributed by atoms with van der Waals surface area (Å²) in [7, 11) is 0. The third kappa shape index (κ3) is 2.22. The number of unbranched alkanes of at least 4 members (excludes halogenated alkanes) is 1. The predicted molar refractivity (Wildman–Crippen MR) is 91.4 cm³/mol. The molecule has 0 unspecified atom stereocenters. The fourth-order valence-corrected chi connectivity index (χ4v) is 5.28. The molecule has 1 aromatic carbocycles. The molecule has 0 heterocycles. The van der Waals surface area contributed by atoms with Gasteiger partial charge >= 0.3 is 0 Å². The molecular weight excluding hydrogens is 284 g/mol. The number of ketones is 1. The molecule has 0 bridgehead atoms. The molecule has 0 amide bonds. The standard InChI is InChI=1S/C21H26O2/c1-2-3-7-17-19(22)13-15-9-10-18-16-8-5-4-6-14(16)11-12-21(18,23)20(15)17/h4-6,8,15,18,23H,2-3,7,9-13H2,1H3/t15-,18-,21+/m1/s1. The van der Waals surface area contributed by atoms with Crippen molar-refractivity contribution in [1.29, 1.82) is 0 Å². The van der Waals surface area contributed by atoms with Crippen LogP contribution in [0.5, 0.6) is 0 Å². The van der Waals surface area contributed by atoms with Crippen LogP contribution in [0.1, 0.15) is 68.9 Å². The van der Waals surface area contributed by atoms with Gasteiger partial charge in [0, 0.05) is 12.3 Å². The van der Waals surface area contributed by atoms with Gasteiger partial charge in [-0.2, -0.15) is 0 Å². The minimum atomic E-state index is -0.771. The molecule has 0 aromatic heterocycles. The second-order valence-electron chi connectivity index (χ2n) is 7.57. The number of benzene rings is 1. The number of fused-ring (bicyclic) bond motifs is 5. The van der Waals surface area contributed by atoms with Gasteiger partial charge in [0.1, 0.15) is 0 Å². The van der Waals surface area contributed by atoms with Gasteiger partial charge in [-0.3, -0.25) is 4.79 Å². The number of allylic oxidation sites excluding steroid dienone is 1. The fourth-order valence-electron chi connectivity index (χ4n) is 5.28. The zero-order valence-electron chi connectivity index (χ0n) is 14.0. The third-order valence-corrected chi connectivity index (χ3v) is 6.33. The van der Waals surface area contributed by atoms with Crippen molar-refractivity contribution in [2.45, 2.75) is 69.8 Å². The zero-order chi connectivity index (χ0) is 16.0. The van der Waals surface area contributed by atoms with Crippen molar-refractivity contribution in [3.8, 4) is 0 Å². The molecule has 0 saturated heterocycles. The van der Waals surface area contributed by atoms with E-state index in [9.17, 15) is 9.90 Å². The highest BCUT2D eigenvalue weighted by Gasteiger charge is 2.53. The first-order valence-electron chi connectivity index (χ1n) is 9.22. The summed E-state index contributed by atoms with van der Waals surface area (Å²) in [6.45, 7) is 2.16. The Balaban J connectivity index is 1.80. The molecule has 0 aliphatic heterocycles. The maximum atomic E-state index is 12.5. The molecule has 3 aliphatic rings. The lowest BCUT2D eigenvalue weighted by Crippen LogP contribution is -2.47. The summed E-state index contributed by atoms with van der Waals surface area (Å²) in [6, 6.07) is 8.57. The molecule has 2 heteroatoms. The maximum absolute atomic E-state index is 12.5. The highest BCUT2D eigenvalue weighted by atomic mass is 16.3. The summed E-state index contributed by atoms with van der Waals surface area (Å²) in [5, 5.41) is 11.7. The lowest BCUT2D eigenvalue weighted by atomic mass is 9.60. The Hall–Kier alpha value is -1.41. The van der Waals surface area contributed by atoms with Crippen molar-refractivity contribution in [3.05, 3.63) is 46.5 Å². The third-order valence-electron chi connectivity index (χ3n) is 6.33. The summed E-state index contributed by atoms with van der Waals surface area (Å²) >= 11 is 0. The topological polar surface area (TPSA) is 37.3 Å². The van der Waals surface area contributed by atoms with Gasteiger partial charge in [0.15, 0.2) is 5.78 Å². The first kappa shape index (κ1) is 15.1. The van der Waals surface area contributed by atoms with Gasteiger partial charge in [0.2, 0.25) is 0 Å². The van der Waals surface area contributed by atoms with E-state index in [4.69, 9.17) is 0 Å². The largest absolute Gasteiger partial charge is 0.385 e. The minimum Gasteiger partial charge on any atom is -0.385 e. The van der Waals surface area contributed by atoms with E-state index < -0.39 is 5.60 Å². The number of aryl methyl sites for hydroxylation is 1. The van der Waals surface area contributed by atoms with Crippen LogP contribution in [-0.4, -0.2) is 16.5 Å². The van der Waals surface area contributed by atoms with Crippen LogP contribution in [0, 0.1) is 5.92 Å². The van der Waals surface area contributed by atoms with E-state index in [0.29, 0.717) is 18.1 Å². The van der Waals surface area contributed by atoms with Gasteiger partial charge in [-0.15, -0.1) is 0 Å². The van der Waals surface area contributed by atoms with E-state index in [0.717, 1.165) is 56.1 Å². The highest BCUT2D eigenvalue weighted by Crippen LogP contribution is 2.56. The second-order valence-corrected chi connectivity index (χ2v) is 7.57. The quantitative estimate of drug-likeness (QED) is 0.903. The molecule has 4 rings (SSSR count). The van der Waals surface area contributed by atoms with Crippen LogP contribution in [0.3, 0.4) is 0 Å². The van der Waals surface area contributed by atoms with Crippen molar-refractivity contribution >= 4 is 5.78 Å². The molecular formula is C21H26O2. The van der Waals surface area contributed by atoms with Gasteiger partial charge < -0.3 is 5.11 Å². The molecule has 3 atom stereocenters. The Kier molecular flexibility index (Phi) is 3.68. The summed E-state index contributed by atoms with van der Waals surface area (Å²) < 4.78 is 0. The van der Waals surface area contributed by atoms with E-state index >= 15 is 0 Å². The van der Waals surface area contributed by atoms with Crippen molar-refractivity contribution in [1.82, 2.24) is 0 Å². The summed E-state index contributed by atoms with van der Waals surface area (Å²) in [5.74, 6) is 0.800. The lowest BCUT2D eigenvalue weighted by Gasteiger charge is -2.48. The molecule has 23 heavy (non-hydrogen) atoms. The molecule has 122 valence electrons. The van der Waals surface area contributed by atoms with Crippen molar-refractivity contribution < 1.29 is 9.90 Å². The van der Waals surface area contributed by atoms with Crippen molar-refractivity contribution in [2.75, 3.05) is 0 Å². The highest BCUT2D eigenvalue weighted by molar-refractivity contribution is 5.99. The van der Waals surface area contributed by atoms with Crippen LogP contribution >= 0.6 is 0 Å². The first-order chi connectivity index (χ1) is 11.1. The molecule has 1 fully saturated rings. The molecule has 1 N–H and O–H groups in total. The Bertz CT molecular complexity index is 672. The van der Waals surface area contributed by atoms with Crippen molar-refractivity contribution in [3.63, 3.8) is 0 Å². The van der Waals surface area contributed by atoms with Gasteiger partial charge in [-0.05, 0) is 66.7 Å². The number of carbonyl (C=O) groups excluding carboxylic acids is 1. The Morgan fingerprint density at radius 3 is 2.91 bits per heavy atom. The normalized spacial score (nSPS) is 32.5. The number of aliphatic hydroxyl groups is 1. The van der Waals surface area contributed by atoms with E-state index in [1.807, 2.05) is 0 Å². The smallest absolute Gasteiger partial charge is 0.159 e. The van der Waals surface area contributed by atoms with E-state index in [1.165, 1.54) is 11.1 Å². The van der Waals surface area contributed by atoms with Gasteiger partial charge in [0.05, 0.1) is 5.60 Å². The average Bonchev–Trinajstić information content (AvgIpc) is 2.89. The molecule has 0 radical (unpaired) electrons. The number of carbonyl (C=O) groups is 1. The summed E-state index contributed by atoms with van der Waals surface area (Å²) in [4.78, 5) is 12.5. The number of rotatable bonds is 3. The Labute approximate surface area is 138 Å². The Morgan fingerprint density at radius 2 is 2.09 bits per heavy atom. The Morgan fingerprint density at radius 1 is 1.26 bits per heavy atom. The monoisotopic (exact) mass is 310 g/mol. The van der Waals surface area contributed by atoms with Crippen LogP contribution in [-0.2, 0) is 11.2 Å². The minimum absolute atomic E-state index is 0.182. The molecule has 1 saturated carbocycles. The van der Waals surface area contributed by atoms with Crippen LogP contribution < -0.4 is 0 Å². The second kappa shape index (κ2) is 5.59. The molecule has 0 spiro atoms. The molecule has 1 aromatic rings. The first-order valence-corrected chi connectivity index (χ1v) is 9.22. The number of Topliss-reactive ketones (excluding diaryl/α,β-unsaturated/α-hetero) is 1. The number of hydrogen-bond donors (Lipinski definition) is 1. The maximum Gasteiger partial charge on any atom is 0.159 e. The fraction of sp³-hybridized carbons (Fsp3) is 0.571. The van der Waals surface area contributed by atoms with Crippen LogP contribution in [0.25, 0.3) is 0 Å².